The number of carbonyl (C=O) groups excluding carboxylic acids is 2. The van der Waals surface area contributed by atoms with Crippen molar-refractivity contribution in [3.8, 4) is 0 Å². The van der Waals surface area contributed by atoms with Gasteiger partial charge in [-0.1, -0.05) is 30.3 Å². The molecule has 1 aromatic heterocycles. The maximum absolute atomic E-state index is 13.8. The Morgan fingerprint density at radius 1 is 1.22 bits per heavy atom. The van der Waals surface area contributed by atoms with Crippen molar-refractivity contribution < 1.29 is 28.6 Å². The lowest BCUT2D eigenvalue weighted by Gasteiger charge is -2.33. The predicted molar refractivity (Wildman–Crippen MR) is 133 cm³/mol. The third-order valence-corrected chi connectivity index (χ3v) is 6.17. The van der Waals surface area contributed by atoms with Crippen molar-refractivity contribution in [2.24, 2.45) is 0 Å². The summed E-state index contributed by atoms with van der Waals surface area (Å²) in [6, 6.07) is 13.3. The molecule has 3 atom stereocenters. The molecule has 2 aromatic carbocycles. The summed E-state index contributed by atoms with van der Waals surface area (Å²) in [6.45, 7) is 5.71. The van der Waals surface area contributed by atoms with Crippen LogP contribution in [0.2, 0.25) is 0 Å². The van der Waals surface area contributed by atoms with Gasteiger partial charge in [0.2, 0.25) is 0 Å². The first-order chi connectivity index (χ1) is 17.1. The van der Waals surface area contributed by atoms with Gasteiger partial charge in [0.1, 0.15) is 18.0 Å². The molecule has 3 N–H and O–H groups in total. The van der Waals surface area contributed by atoms with Crippen molar-refractivity contribution in [2.75, 3.05) is 13.1 Å². The number of hydrogen-bond donors (Lipinski definition) is 3. The Morgan fingerprint density at radius 2 is 1.97 bits per heavy atom. The van der Waals surface area contributed by atoms with Crippen LogP contribution in [-0.4, -0.2) is 58.0 Å². The number of nitrogens with one attached hydrogen (secondary N) is 2. The van der Waals surface area contributed by atoms with Crippen LogP contribution in [0.5, 0.6) is 0 Å². The lowest BCUT2D eigenvalue weighted by atomic mass is 9.89. The van der Waals surface area contributed by atoms with Crippen LogP contribution in [0.1, 0.15) is 44.2 Å². The summed E-state index contributed by atoms with van der Waals surface area (Å²) in [5.74, 6) is -0.792. The van der Waals surface area contributed by atoms with Gasteiger partial charge in [0, 0.05) is 35.6 Å². The molecule has 0 saturated carbocycles. The average Bonchev–Trinajstić information content (AvgIpc) is 3.41. The zero-order valence-electron chi connectivity index (χ0n) is 20.7. The number of aromatic nitrogens is 1. The standard InChI is InChI=1S/C27H32FN3O5/c1-27(2,3)36-26(34)31-15-19(32)12-24(31)22(21-13-29-23-11-18(28)9-10-20(21)23)14-30-25(33)35-16-17-7-5-4-6-8-17/h4-11,13,19,22,24,29,32H,12,14-16H2,1-3H3,(H,30,33)/t19-,22+,24-/m0/s1. The van der Waals surface area contributed by atoms with Crippen LogP contribution in [0.4, 0.5) is 14.0 Å². The van der Waals surface area contributed by atoms with Crippen molar-refractivity contribution in [1.29, 1.82) is 0 Å². The minimum atomic E-state index is -0.738. The molecule has 36 heavy (non-hydrogen) atoms. The summed E-state index contributed by atoms with van der Waals surface area (Å²) in [4.78, 5) is 30.1. The first-order valence-electron chi connectivity index (χ1n) is 12.0. The predicted octanol–water partition coefficient (Wildman–Crippen LogP) is 4.69. The number of benzene rings is 2. The van der Waals surface area contributed by atoms with Gasteiger partial charge in [-0.3, -0.25) is 0 Å². The molecule has 0 unspecified atom stereocenters. The summed E-state index contributed by atoms with van der Waals surface area (Å²) in [6.07, 6.45) is 0.184. The van der Waals surface area contributed by atoms with Crippen LogP contribution in [0, 0.1) is 5.82 Å². The molecule has 2 heterocycles. The normalized spacial score (nSPS) is 18.8. The number of β-amino-alcohol motifs (C(OH)–C–C–N with tert-alkyl or cyclic N) is 1. The topological polar surface area (TPSA) is 104 Å². The molecule has 0 aliphatic carbocycles. The van der Waals surface area contributed by atoms with Gasteiger partial charge >= 0.3 is 12.2 Å². The van der Waals surface area contributed by atoms with E-state index in [9.17, 15) is 19.1 Å². The van der Waals surface area contributed by atoms with Gasteiger partial charge in [0.15, 0.2) is 0 Å². The quantitative estimate of drug-likeness (QED) is 0.459. The van der Waals surface area contributed by atoms with Crippen molar-refractivity contribution >= 4 is 23.1 Å². The van der Waals surface area contributed by atoms with E-state index in [2.05, 4.69) is 10.3 Å². The Labute approximate surface area is 209 Å². The lowest BCUT2D eigenvalue weighted by molar-refractivity contribution is 0.0189. The first kappa shape index (κ1) is 25.5. The number of amides is 2. The minimum absolute atomic E-state index is 0.117. The molecule has 1 saturated heterocycles. The zero-order chi connectivity index (χ0) is 25.9. The zero-order valence-corrected chi connectivity index (χ0v) is 20.7. The number of halogens is 1. The van der Waals surface area contributed by atoms with E-state index in [1.165, 1.54) is 17.0 Å². The Morgan fingerprint density at radius 3 is 2.69 bits per heavy atom. The molecule has 1 aliphatic rings. The largest absolute Gasteiger partial charge is 0.445 e. The maximum Gasteiger partial charge on any atom is 0.410 e. The van der Waals surface area contributed by atoms with Gasteiger partial charge in [-0.25, -0.2) is 14.0 Å². The van der Waals surface area contributed by atoms with E-state index in [0.717, 1.165) is 16.5 Å². The van der Waals surface area contributed by atoms with Gasteiger partial charge in [-0.2, -0.15) is 0 Å². The number of aliphatic hydroxyl groups excluding tert-OH is 1. The van der Waals surface area contributed by atoms with Crippen LogP contribution in [-0.2, 0) is 16.1 Å². The van der Waals surface area contributed by atoms with Crippen molar-refractivity contribution in [2.45, 2.75) is 57.5 Å². The second-order valence-electron chi connectivity index (χ2n) is 10.1. The number of H-pyrrole nitrogens is 1. The molecule has 0 bridgehead atoms. The maximum atomic E-state index is 13.8. The third-order valence-electron chi connectivity index (χ3n) is 6.17. The number of carbonyl (C=O) groups is 2. The summed E-state index contributed by atoms with van der Waals surface area (Å²) < 4.78 is 24.8. The molecule has 1 aliphatic heterocycles. The Hall–Kier alpha value is -3.59. The summed E-state index contributed by atoms with van der Waals surface area (Å²) >= 11 is 0. The summed E-state index contributed by atoms with van der Waals surface area (Å²) in [7, 11) is 0. The van der Waals surface area contributed by atoms with E-state index >= 15 is 0 Å². The second kappa shape index (κ2) is 10.6. The highest BCUT2D eigenvalue weighted by molar-refractivity contribution is 5.84. The molecule has 2 amide bonds. The van der Waals surface area contributed by atoms with E-state index in [1.54, 1.807) is 33.0 Å². The van der Waals surface area contributed by atoms with Crippen molar-refractivity contribution in [3.05, 3.63) is 71.7 Å². The van der Waals surface area contributed by atoms with Crippen LogP contribution in [0.3, 0.4) is 0 Å². The van der Waals surface area contributed by atoms with Gasteiger partial charge in [0.05, 0.1) is 12.6 Å². The average molecular weight is 498 g/mol. The molecular weight excluding hydrogens is 465 g/mol. The second-order valence-corrected chi connectivity index (χ2v) is 10.1. The molecule has 4 rings (SSSR count). The number of likely N-dealkylation sites (tertiary alicyclic amines) is 1. The monoisotopic (exact) mass is 497 g/mol. The lowest BCUT2D eigenvalue weighted by Crippen LogP contribution is -2.45. The van der Waals surface area contributed by atoms with E-state index < -0.39 is 35.9 Å². The van der Waals surface area contributed by atoms with E-state index in [-0.39, 0.29) is 25.5 Å². The van der Waals surface area contributed by atoms with Crippen LogP contribution >= 0.6 is 0 Å². The fourth-order valence-corrected chi connectivity index (χ4v) is 4.60. The number of alkyl carbamates (subject to hydrolysis) is 1. The Balaban J connectivity index is 1.57. The number of fused-ring (bicyclic) bond motifs is 1. The number of aliphatic hydroxyl groups is 1. The third kappa shape index (κ3) is 6.15. The first-order valence-corrected chi connectivity index (χ1v) is 12.0. The fourth-order valence-electron chi connectivity index (χ4n) is 4.60. The van der Waals surface area contributed by atoms with Gasteiger partial charge < -0.3 is 29.8 Å². The molecule has 0 radical (unpaired) electrons. The van der Waals surface area contributed by atoms with E-state index in [1.807, 2.05) is 30.3 Å². The highest BCUT2D eigenvalue weighted by atomic mass is 19.1. The van der Waals surface area contributed by atoms with Crippen LogP contribution < -0.4 is 5.32 Å². The van der Waals surface area contributed by atoms with Gasteiger partial charge in [-0.15, -0.1) is 0 Å². The molecule has 1 fully saturated rings. The van der Waals surface area contributed by atoms with Gasteiger partial charge in [-0.05, 0) is 56.5 Å². The Bertz CT molecular complexity index is 1210. The molecule has 3 aromatic rings. The van der Waals surface area contributed by atoms with Gasteiger partial charge in [0.25, 0.3) is 0 Å². The number of rotatable bonds is 6. The van der Waals surface area contributed by atoms with E-state index in [0.29, 0.717) is 11.9 Å². The fraction of sp³-hybridized carbons (Fsp3) is 0.407. The number of hydrogen-bond acceptors (Lipinski definition) is 5. The number of ether oxygens (including phenoxy) is 2. The smallest absolute Gasteiger partial charge is 0.410 e. The molecule has 8 nitrogen and oxygen atoms in total. The van der Waals surface area contributed by atoms with Crippen molar-refractivity contribution in [1.82, 2.24) is 15.2 Å². The Kier molecular flexibility index (Phi) is 7.49. The van der Waals surface area contributed by atoms with Crippen molar-refractivity contribution in [3.63, 3.8) is 0 Å². The molecule has 0 spiro atoms. The number of aromatic amines is 1. The summed E-state index contributed by atoms with van der Waals surface area (Å²) in [5, 5.41) is 14.1. The molecular formula is C27H32FN3O5. The van der Waals surface area contributed by atoms with E-state index in [4.69, 9.17) is 9.47 Å². The molecule has 9 heteroatoms. The highest BCUT2D eigenvalue weighted by Crippen LogP contribution is 2.36. The SMILES string of the molecule is CC(C)(C)OC(=O)N1C[C@@H](O)C[C@H]1[C@H](CNC(=O)OCc1ccccc1)c1c[nH]c2cc(F)ccc12. The molecule has 192 valence electrons. The highest BCUT2D eigenvalue weighted by Gasteiger charge is 2.42. The van der Waals surface area contributed by atoms with Crippen LogP contribution in [0.25, 0.3) is 10.9 Å². The number of nitrogens with zero attached hydrogens (tertiary/aromatic N) is 1. The minimum Gasteiger partial charge on any atom is -0.445 e. The summed E-state index contributed by atoms with van der Waals surface area (Å²) in [5.41, 5.74) is 1.55. The van der Waals surface area contributed by atoms with Crippen LogP contribution in [0.15, 0.2) is 54.7 Å².